The van der Waals surface area contributed by atoms with Gasteiger partial charge in [0, 0.05) is 32.9 Å². The first kappa shape index (κ1) is 22.3. The molecule has 0 aliphatic heterocycles. The number of para-hydroxylation sites is 1. The van der Waals surface area contributed by atoms with Crippen molar-refractivity contribution in [1.82, 2.24) is 20.0 Å². The van der Waals surface area contributed by atoms with E-state index < -0.39 is 0 Å². The van der Waals surface area contributed by atoms with Crippen molar-refractivity contribution in [3.63, 3.8) is 0 Å². The number of aryl methyl sites for hydroxylation is 3. The fourth-order valence-electron chi connectivity index (χ4n) is 2.64. The van der Waals surface area contributed by atoms with Gasteiger partial charge in [-0.1, -0.05) is 18.2 Å². The third-order valence-corrected chi connectivity index (χ3v) is 3.95. The summed E-state index contributed by atoms with van der Waals surface area (Å²) in [5.74, 6) is 1.77. The second-order valence-corrected chi connectivity index (χ2v) is 6.06. The van der Waals surface area contributed by atoms with Crippen molar-refractivity contribution in [2.24, 2.45) is 4.99 Å². The van der Waals surface area contributed by atoms with Crippen molar-refractivity contribution in [3.8, 4) is 5.75 Å². The number of aliphatic imine (C=N–C) groups is 1. The number of rotatable bonds is 8. The van der Waals surface area contributed by atoms with E-state index in [0.717, 1.165) is 43.5 Å². The highest BCUT2D eigenvalue weighted by Gasteiger charge is 2.06. The van der Waals surface area contributed by atoms with Gasteiger partial charge in [-0.05, 0) is 38.5 Å². The Labute approximate surface area is 173 Å². The number of benzene rings is 1. The zero-order valence-electron chi connectivity index (χ0n) is 16.1. The molecule has 26 heavy (non-hydrogen) atoms. The Morgan fingerprint density at radius 3 is 2.62 bits per heavy atom. The van der Waals surface area contributed by atoms with Crippen LogP contribution in [-0.4, -0.2) is 54.4 Å². The normalized spacial score (nSPS) is 11.0. The number of hydrogen-bond acceptors (Lipinski definition) is 3. The van der Waals surface area contributed by atoms with Crippen molar-refractivity contribution in [2.75, 3.05) is 33.8 Å². The van der Waals surface area contributed by atoms with Crippen LogP contribution in [-0.2, 0) is 6.54 Å². The maximum atomic E-state index is 5.73. The van der Waals surface area contributed by atoms with Gasteiger partial charge in [-0.25, -0.2) is 0 Å². The maximum Gasteiger partial charge on any atom is 0.193 e. The molecule has 2 aromatic rings. The van der Waals surface area contributed by atoms with E-state index in [1.807, 2.05) is 44.3 Å². The number of likely N-dealkylation sites (N-methyl/N-ethyl adjacent to an activating group) is 1. The van der Waals surface area contributed by atoms with Gasteiger partial charge in [0.1, 0.15) is 12.4 Å². The van der Waals surface area contributed by atoms with Crippen molar-refractivity contribution in [3.05, 3.63) is 47.8 Å². The van der Waals surface area contributed by atoms with Crippen LogP contribution in [0.2, 0.25) is 0 Å². The minimum absolute atomic E-state index is 0. The van der Waals surface area contributed by atoms with Crippen LogP contribution in [0.25, 0.3) is 0 Å². The van der Waals surface area contributed by atoms with Gasteiger partial charge in [-0.3, -0.25) is 9.67 Å². The Morgan fingerprint density at radius 1 is 1.27 bits per heavy atom. The van der Waals surface area contributed by atoms with E-state index in [0.29, 0.717) is 6.61 Å². The van der Waals surface area contributed by atoms with Crippen LogP contribution >= 0.6 is 24.0 Å². The van der Waals surface area contributed by atoms with Crippen molar-refractivity contribution < 1.29 is 4.74 Å². The van der Waals surface area contributed by atoms with Gasteiger partial charge in [0.25, 0.3) is 0 Å². The summed E-state index contributed by atoms with van der Waals surface area (Å²) in [7, 11) is 3.82. The molecule has 0 amide bonds. The van der Waals surface area contributed by atoms with Crippen molar-refractivity contribution in [2.45, 2.75) is 26.8 Å². The smallest absolute Gasteiger partial charge is 0.193 e. The molecule has 1 N–H and O–H groups in total. The monoisotopic (exact) mass is 471 g/mol. The molecular formula is C19H30IN5O. The van der Waals surface area contributed by atoms with Gasteiger partial charge in [0.2, 0.25) is 0 Å². The zero-order valence-corrected chi connectivity index (χ0v) is 18.4. The molecule has 6 nitrogen and oxygen atoms in total. The lowest BCUT2D eigenvalue weighted by Gasteiger charge is -2.22. The lowest BCUT2D eigenvalue weighted by molar-refractivity contribution is 0.281. The molecule has 0 aliphatic carbocycles. The van der Waals surface area contributed by atoms with Gasteiger partial charge < -0.3 is 15.0 Å². The predicted octanol–water partition coefficient (Wildman–Crippen LogP) is 3.09. The second-order valence-electron chi connectivity index (χ2n) is 6.06. The zero-order chi connectivity index (χ0) is 18.1. The van der Waals surface area contributed by atoms with E-state index in [-0.39, 0.29) is 24.0 Å². The fourth-order valence-corrected chi connectivity index (χ4v) is 2.64. The first-order chi connectivity index (χ1) is 12.1. The van der Waals surface area contributed by atoms with Crippen LogP contribution in [0, 0.1) is 13.8 Å². The molecule has 7 heteroatoms. The minimum atomic E-state index is 0. The third-order valence-electron chi connectivity index (χ3n) is 3.95. The number of halogens is 1. The Bertz CT molecular complexity index is 672. The molecule has 1 heterocycles. The van der Waals surface area contributed by atoms with Gasteiger partial charge in [-0.2, -0.15) is 5.10 Å². The summed E-state index contributed by atoms with van der Waals surface area (Å²) in [5, 5.41) is 7.88. The molecule has 1 aromatic heterocycles. The summed E-state index contributed by atoms with van der Waals surface area (Å²) < 4.78 is 7.79. The van der Waals surface area contributed by atoms with Crippen LogP contribution < -0.4 is 10.1 Å². The highest BCUT2D eigenvalue weighted by Crippen LogP contribution is 2.07. The molecule has 0 bridgehead atoms. The summed E-state index contributed by atoms with van der Waals surface area (Å²) in [6.45, 7) is 7.27. The predicted molar refractivity (Wildman–Crippen MR) is 118 cm³/mol. The van der Waals surface area contributed by atoms with Gasteiger partial charge in [-0.15, -0.1) is 24.0 Å². The Morgan fingerprint density at radius 2 is 2.00 bits per heavy atom. The number of ether oxygens (including phenoxy) is 1. The molecule has 0 spiro atoms. The second kappa shape index (κ2) is 11.8. The van der Waals surface area contributed by atoms with Crippen LogP contribution in [0.3, 0.4) is 0 Å². The number of nitrogens with zero attached hydrogens (tertiary/aromatic N) is 4. The average Bonchev–Trinajstić information content (AvgIpc) is 2.93. The van der Waals surface area contributed by atoms with Crippen molar-refractivity contribution in [1.29, 1.82) is 0 Å². The van der Waals surface area contributed by atoms with Crippen LogP contribution in [0.15, 0.2) is 41.4 Å². The summed E-state index contributed by atoms with van der Waals surface area (Å²) in [4.78, 5) is 6.41. The summed E-state index contributed by atoms with van der Waals surface area (Å²) in [6.07, 6.45) is 0.995. The maximum absolute atomic E-state index is 5.73. The highest BCUT2D eigenvalue weighted by atomic mass is 127. The van der Waals surface area contributed by atoms with E-state index >= 15 is 0 Å². The highest BCUT2D eigenvalue weighted by molar-refractivity contribution is 14.0. The minimum Gasteiger partial charge on any atom is -0.492 e. The fraction of sp³-hybridized carbons (Fsp3) is 0.474. The first-order valence-electron chi connectivity index (χ1n) is 8.71. The largest absolute Gasteiger partial charge is 0.492 e. The van der Waals surface area contributed by atoms with E-state index in [1.165, 1.54) is 5.69 Å². The molecule has 0 saturated heterocycles. The van der Waals surface area contributed by atoms with Crippen LogP contribution in [0.1, 0.15) is 17.8 Å². The molecular weight excluding hydrogens is 441 g/mol. The standard InChI is InChI=1S/C19H29N5O.HI/c1-16-15-17(2)24(22-16)12-8-11-21-19(20-3)23(4)13-14-25-18-9-6-5-7-10-18;/h5-7,9-10,15H,8,11-14H2,1-4H3,(H,20,21);1H. The van der Waals surface area contributed by atoms with E-state index in [1.54, 1.807) is 7.05 Å². The lowest BCUT2D eigenvalue weighted by atomic mass is 10.3. The number of aromatic nitrogens is 2. The molecule has 2 rings (SSSR count). The Kier molecular flexibility index (Phi) is 10.1. The van der Waals surface area contributed by atoms with E-state index in [2.05, 4.69) is 38.0 Å². The van der Waals surface area contributed by atoms with Gasteiger partial charge in [0.05, 0.1) is 12.2 Å². The van der Waals surface area contributed by atoms with E-state index in [4.69, 9.17) is 4.74 Å². The number of hydrogen-bond donors (Lipinski definition) is 1. The summed E-state index contributed by atoms with van der Waals surface area (Å²) in [5.41, 5.74) is 2.27. The molecule has 0 saturated carbocycles. The first-order valence-corrected chi connectivity index (χ1v) is 8.71. The quantitative estimate of drug-likeness (QED) is 0.278. The number of nitrogens with one attached hydrogen (secondary N) is 1. The molecule has 1 aromatic carbocycles. The topological polar surface area (TPSA) is 54.7 Å². The molecule has 0 aliphatic rings. The van der Waals surface area contributed by atoms with Crippen molar-refractivity contribution >= 4 is 29.9 Å². The SMILES string of the molecule is CN=C(NCCCn1nc(C)cc1C)N(C)CCOc1ccccc1.I. The summed E-state index contributed by atoms with van der Waals surface area (Å²) in [6, 6.07) is 12.0. The van der Waals surface area contributed by atoms with Crippen LogP contribution in [0.4, 0.5) is 0 Å². The summed E-state index contributed by atoms with van der Waals surface area (Å²) >= 11 is 0. The van der Waals surface area contributed by atoms with E-state index in [9.17, 15) is 0 Å². The molecule has 0 atom stereocenters. The third kappa shape index (κ3) is 7.23. The number of guanidine groups is 1. The van der Waals surface area contributed by atoms with Gasteiger partial charge in [0.15, 0.2) is 5.96 Å². The molecule has 0 unspecified atom stereocenters. The van der Waals surface area contributed by atoms with Crippen LogP contribution in [0.5, 0.6) is 5.75 Å². The lowest BCUT2D eigenvalue weighted by Crippen LogP contribution is -2.41. The van der Waals surface area contributed by atoms with Gasteiger partial charge >= 0.3 is 0 Å². The Balaban J connectivity index is 0.00000338. The molecule has 0 radical (unpaired) electrons. The Hall–Kier alpha value is -1.77. The molecule has 0 fully saturated rings. The molecule has 144 valence electrons. The average molecular weight is 471 g/mol.